The molecule has 1 heterocycles. The summed E-state index contributed by atoms with van der Waals surface area (Å²) >= 11 is 0. The molecule has 0 saturated carbocycles. The zero-order valence-corrected chi connectivity index (χ0v) is 8.32. The lowest BCUT2D eigenvalue weighted by Gasteiger charge is -2.00. The van der Waals surface area contributed by atoms with Gasteiger partial charge >= 0.3 is 0 Å². The molecule has 1 aliphatic heterocycles. The van der Waals surface area contributed by atoms with E-state index >= 15 is 0 Å². The Labute approximate surface area is 87.5 Å². The van der Waals surface area contributed by atoms with Crippen molar-refractivity contribution in [3.63, 3.8) is 0 Å². The van der Waals surface area contributed by atoms with E-state index in [9.17, 15) is 4.79 Å². The number of hydrogen-bond donors (Lipinski definition) is 2. The normalized spacial score (nSPS) is 17.8. The van der Waals surface area contributed by atoms with Gasteiger partial charge in [-0.1, -0.05) is 18.2 Å². The summed E-state index contributed by atoms with van der Waals surface area (Å²) in [5.74, 6) is -0.184. The van der Waals surface area contributed by atoms with E-state index in [1.54, 1.807) is 19.1 Å². The van der Waals surface area contributed by atoms with Gasteiger partial charge < -0.3 is 5.73 Å². The zero-order valence-electron chi connectivity index (χ0n) is 8.32. The molecule has 76 valence electrons. The Bertz CT molecular complexity index is 474. The van der Waals surface area contributed by atoms with E-state index < -0.39 is 0 Å². The van der Waals surface area contributed by atoms with Gasteiger partial charge in [0.05, 0.1) is 11.3 Å². The van der Waals surface area contributed by atoms with Crippen molar-refractivity contribution in [2.45, 2.75) is 6.92 Å². The van der Waals surface area contributed by atoms with Crippen LogP contribution in [0, 0.1) is 0 Å². The predicted molar refractivity (Wildman–Crippen MR) is 60.1 cm³/mol. The van der Waals surface area contributed by atoms with Gasteiger partial charge in [-0.2, -0.15) is 5.10 Å². The number of carbonyl (C=O) groups excluding carboxylic acids is 1. The van der Waals surface area contributed by atoms with Crippen LogP contribution in [-0.4, -0.2) is 11.6 Å². The molecule has 4 heteroatoms. The van der Waals surface area contributed by atoms with Crippen molar-refractivity contribution in [3.8, 4) is 0 Å². The van der Waals surface area contributed by atoms with Gasteiger partial charge in [-0.25, -0.2) is 5.43 Å². The highest BCUT2D eigenvalue weighted by Gasteiger charge is 2.18. The monoisotopic (exact) mass is 201 g/mol. The van der Waals surface area contributed by atoms with Crippen molar-refractivity contribution in [2.75, 3.05) is 5.73 Å². The Morgan fingerprint density at radius 3 is 2.73 bits per heavy atom. The van der Waals surface area contributed by atoms with Crippen molar-refractivity contribution in [1.29, 1.82) is 0 Å². The Morgan fingerprint density at radius 1 is 1.40 bits per heavy atom. The Kier molecular flexibility index (Phi) is 2.25. The number of carbonyl (C=O) groups is 1. The number of nitrogens with one attached hydrogen (secondary N) is 1. The Balaban J connectivity index is 2.43. The molecule has 0 aromatic heterocycles. The lowest BCUT2D eigenvalue weighted by Crippen LogP contribution is -2.12. The van der Waals surface area contributed by atoms with Gasteiger partial charge in [-0.05, 0) is 24.6 Å². The van der Waals surface area contributed by atoms with E-state index in [1.165, 1.54) is 0 Å². The van der Waals surface area contributed by atoms with Crippen molar-refractivity contribution in [3.05, 3.63) is 35.4 Å². The minimum Gasteiger partial charge on any atom is -0.398 e. The first-order chi connectivity index (χ1) is 7.18. The number of hydrazone groups is 1. The molecule has 4 nitrogen and oxygen atoms in total. The second kappa shape index (κ2) is 3.57. The largest absolute Gasteiger partial charge is 0.398 e. The molecule has 0 saturated heterocycles. The van der Waals surface area contributed by atoms with E-state index in [0.717, 1.165) is 5.56 Å². The summed E-state index contributed by atoms with van der Waals surface area (Å²) < 4.78 is 0. The van der Waals surface area contributed by atoms with Gasteiger partial charge in [-0.15, -0.1) is 0 Å². The fourth-order valence-electron chi connectivity index (χ4n) is 1.39. The van der Waals surface area contributed by atoms with E-state index in [2.05, 4.69) is 10.5 Å². The van der Waals surface area contributed by atoms with Crippen LogP contribution in [0.5, 0.6) is 0 Å². The number of amides is 1. The first kappa shape index (κ1) is 9.45. The summed E-state index contributed by atoms with van der Waals surface area (Å²) in [6.45, 7) is 1.78. The lowest BCUT2D eigenvalue weighted by atomic mass is 10.1. The van der Waals surface area contributed by atoms with Gasteiger partial charge in [0, 0.05) is 5.69 Å². The number of nitrogen functional groups attached to an aromatic ring is 1. The molecule has 1 amide bonds. The second-order valence-corrected chi connectivity index (χ2v) is 3.33. The Hall–Kier alpha value is -2.10. The van der Waals surface area contributed by atoms with Crippen LogP contribution in [0.2, 0.25) is 0 Å². The van der Waals surface area contributed by atoms with Crippen LogP contribution in [0.15, 0.2) is 34.9 Å². The van der Waals surface area contributed by atoms with E-state index in [-0.39, 0.29) is 5.91 Å². The van der Waals surface area contributed by atoms with E-state index in [0.29, 0.717) is 17.0 Å². The second-order valence-electron chi connectivity index (χ2n) is 3.33. The highest BCUT2D eigenvalue weighted by Crippen LogP contribution is 2.17. The maximum absolute atomic E-state index is 11.4. The summed E-state index contributed by atoms with van der Waals surface area (Å²) in [4.78, 5) is 11.4. The first-order valence-electron chi connectivity index (χ1n) is 4.59. The van der Waals surface area contributed by atoms with Crippen LogP contribution in [0.3, 0.4) is 0 Å². The molecule has 0 spiro atoms. The smallest absolute Gasteiger partial charge is 0.273 e. The first-order valence-corrected chi connectivity index (χ1v) is 4.59. The number of rotatable bonds is 1. The maximum Gasteiger partial charge on any atom is 0.273 e. The van der Waals surface area contributed by atoms with Crippen LogP contribution >= 0.6 is 0 Å². The number of anilines is 1. The van der Waals surface area contributed by atoms with E-state index in [4.69, 9.17) is 5.73 Å². The number of hydrogen-bond acceptors (Lipinski definition) is 3. The molecule has 1 aromatic rings. The van der Waals surface area contributed by atoms with Crippen molar-refractivity contribution < 1.29 is 4.79 Å². The summed E-state index contributed by atoms with van der Waals surface area (Å²) in [5, 5.41) is 3.83. The van der Waals surface area contributed by atoms with Crippen LogP contribution in [0.25, 0.3) is 6.08 Å². The molecule has 2 rings (SSSR count). The number of nitrogens with zero attached hydrogens (tertiary/aromatic N) is 1. The van der Waals surface area contributed by atoms with Crippen molar-refractivity contribution in [1.82, 2.24) is 5.43 Å². The summed E-state index contributed by atoms with van der Waals surface area (Å²) in [6.07, 6.45) is 1.75. The molecular formula is C11H11N3O. The molecule has 0 aliphatic carbocycles. The molecule has 1 aliphatic rings. The van der Waals surface area contributed by atoms with Gasteiger partial charge in [0.1, 0.15) is 0 Å². The van der Waals surface area contributed by atoms with Gasteiger partial charge in [0.25, 0.3) is 5.91 Å². The molecule has 0 unspecified atom stereocenters. The van der Waals surface area contributed by atoms with Gasteiger partial charge in [0.15, 0.2) is 0 Å². The van der Waals surface area contributed by atoms with Crippen molar-refractivity contribution >= 4 is 23.4 Å². The topological polar surface area (TPSA) is 67.5 Å². The fraction of sp³-hybridized carbons (Fsp3) is 0.0909. The molecule has 0 bridgehead atoms. The third-order valence-corrected chi connectivity index (χ3v) is 2.26. The Morgan fingerprint density at radius 2 is 2.13 bits per heavy atom. The third kappa shape index (κ3) is 1.74. The van der Waals surface area contributed by atoms with Crippen LogP contribution in [-0.2, 0) is 4.79 Å². The fourth-order valence-corrected chi connectivity index (χ4v) is 1.39. The number of nitrogens with two attached hydrogens (primary N) is 1. The quantitative estimate of drug-likeness (QED) is 0.528. The number of para-hydroxylation sites is 1. The SMILES string of the molecule is CC1=NNC(=O)C1=Cc1ccccc1N. The molecule has 0 atom stereocenters. The van der Waals surface area contributed by atoms with Crippen LogP contribution < -0.4 is 11.2 Å². The molecule has 0 radical (unpaired) electrons. The average molecular weight is 201 g/mol. The minimum atomic E-state index is -0.184. The highest BCUT2D eigenvalue weighted by atomic mass is 16.2. The van der Waals surface area contributed by atoms with Crippen molar-refractivity contribution in [2.24, 2.45) is 5.10 Å². The van der Waals surface area contributed by atoms with Crippen LogP contribution in [0.4, 0.5) is 5.69 Å². The minimum absolute atomic E-state index is 0.184. The molecular weight excluding hydrogens is 190 g/mol. The molecule has 1 aromatic carbocycles. The standard InChI is InChI=1S/C11H11N3O/c1-7-9(11(15)14-13-7)6-8-4-2-3-5-10(8)12/h2-6H,12H2,1H3,(H,14,15). The van der Waals surface area contributed by atoms with Gasteiger partial charge in [0.2, 0.25) is 0 Å². The summed E-state index contributed by atoms with van der Waals surface area (Å²) in [6, 6.07) is 7.39. The lowest BCUT2D eigenvalue weighted by molar-refractivity contribution is -0.116. The highest BCUT2D eigenvalue weighted by molar-refractivity contribution is 6.26. The van der Waals surface area contributed by atoms with E-state index in [1.807, 2.05) is 18.2 Å². The third-order valence-electron chi connectivity index (χ3n) is 2.26. The zero-order chi connectivity index (χ0) is 10.8. The molecule has 15 heavy (non-hydrogen) atoms. The van der Waals surface area contributed by atoms with Gasteiger partial charge in [-0.3, -0.25) is 4.79 Å². The predicted octanol–water partition coefficient (Wildman–Crippen LogP) is 1.16. The molecule has 3 N–H and O–H groups in total. The maximum atomic E-state index is 11.4. The van der Waals surface area contributed by atoms with Crippen LogP contribution in [0.1, 0.15) is 12.5 Å². The average Bonchev–Trinajstić information content (AvgIpc) is 2.53. The summed E-state index contributed by atoms with van der Waals surface area (Å²) in [5.41, 5.74) is 10.9. The number of benzene rings is 1. The molecule has 0 fully saturated rings. The summed E-state index contributed by atoms with van der Waals surface area (Å²) in [7, 11) is 0.